The molecule has 0 unspecified atom stereocenters. The number of para-hydroxylation sites is 1. The zero-order chi connectivity index (χ0) is 15.7. The van der Waals surface area contributed by atoms with Crippen LogP contribution in [0, 0.1) is 0 Å². The van der Waals surface area contributed by atoms with E-state index in [0.29, 0.717) is 5.15 Å². The van der Waals surface area contributed by atoms with Crippen LogP contribution in [0.1, 0.15) is 30.4 Å². The first-order valence-electron chi connectivity index (χ1n) is 7.31. The van der Waals surface area contributed by atoms with Gasteiger partial charge in [0, 0.05) is 24.5 Å². The lowest BCUT2D eigenvalue weighted by atomic mass is 9.85. The summed E-state index contributed by atoms with van der Waals surface area (Å²) in [4.78, 5) is 18.1. The third-order valence-electron chi connectivity index (χ3n) is 4.22. The van der Waals surface area contributed by atoms with Crippen molar-refractivity contribution in [2.24, 2.45) is 5.73 Å². The summed E-state index contributed by atoms with van der Waals surface area (Å²) in [6.45, 7) is 2.85. The molecule has 0 saturated heterocycles. The summed E-state index contributed by atoms with van der Waals surface area (Å²) in [5, 5.41) is 0.491. The highest BCUT2D eigenvalue weighted by molar-refractivity contribution is 6.29. The van der Waals surface area contributed by atoms with Crippen LogP contribution in [0.2, 0.25) is 5.15 Å². The normalized spacial score (nSPS) is 20.5. The second kappa shape index (κ2) is 5.97. The van der Waals surface area contributed by atoms with Crippen LogP contribution in [-0.4, -0.2) is 16.9 Å². The molecule has 5 heteroatoms. The number of fused-ring (bicyclic) bond motifs is 1. The molecule has 22 heavy (non-hydrogen) atoms. The fraction of sp³-hybridized carbons (Fsp3) is 0.294. The van der Waals surface area contributed by atoms with Crippen molar-refractivity contribution >= 4 is 23.2 Å². The quantitative estimate of drug-likeness (QED) is 0.885. The van der Waals surface area contributed by atoms with E-state index in [1.54, 1.807) is 6.20 Å². The van der Waals surface area contributed by atoms with Gasteiger partial charge in [0.05, 0.1) is 5.92 Å². The summed E-state index contributed by atoms with van der Waals surface area (Å²) in [5.41, 5.74) is 8.75. The molecule has 3 rings (SSSR count). The van der Waals surface area contributed by atoms with Gasteiger partial charge in [0.1, 0.15) is 5.15 Å². The van der Waals surface area contributed by atoms with E-state index in [1.807, 2.05) is 36.4 Å². The van der Waals surface area contributed by atoms with Crippen LogP contribution in [-0.2, 0) is 11.3 Å². The number of nitrogens with zero attached hydrogens (tertiary/aromatic N) is 2. The van der Waals surface area contributed by atoms with Crippen molar-refractivity contribution < 1.29 is 4.79 Å². The lowest BCUT2D eigenvalue weighted by Gasteiger charge is -2.40. The number of carbonyl (C=O) groups excluding carboxylic acids is 1. The van der Waals surface area contributed by atoms with E-state index in [0.717, 1.165) is 29.8 Å². The standard InChI is InChI=1S/C17H18ClN3O/c1-11-8-14(17(19)22)13-4-2-3-5-15(13)21(11)10-12-6-7-20-16(18)9-12/h2-7,9,11,14H,8,10H2,1H3,(H2,19,22)/t11-,14-/m0/s1. The van der Waals surface area contributed by atoms with E-state index in [4.69, 9.17) is 17.3 Å². The molecule has 0 spiro atoms. The second-order valence-electron chi connectivity index (χ2n) is 5.71. The molecule has 0 radical (unpaired) electrons. The van der Waals surface area contributed by atoms with Crippen LogP contribution in [0.15, 0.2) is 42.6 Å². The Bertz CT molecular complexity index is 704. The number of primary amides is 1. The number of pyridine rings is 1. The van der Waals surface area contributed by atoms with Gasteiger partial charge in [-0.25, -0.2) is 4.98 Å². The molecular formula is C17H18ClN3O. The molecule has 2 N–H and O–H groups in total. The van der Waals surface area contributed by atoms with Gasteiger partial charge in [0.15, 0.2) is 0 Å². The first-order chi connectivity index (χ1) is 10.6. The maximum absolute atomic E-state index is 11.8. The Hall–Kier alpha value is -2.07. The number of nitrogens with two attached hydrogens (primary N) is 1. The van der Waals surface area contributed by atoms with Crippen molar-refractivity contribution in [1.82, 2.24) is 4.98 Å². The number of amides is 1. The molecule has 1 aromatic heterocycles. The monoisotopic (exact) mass is 315 g/mol. The van der Waals surface area contributed by atoms with Gasteiger partial charge in [-0.2, -0.15) is 0 Å². The molecule has 1 aliphatic heterocycles. The van der Waals surface area contributed by atoms with Crippen molar-refractivity contribution in [3.63, 3.8) is 0 Å². The number of rotatable bonds is 3. The fourth-order valence-electron chi connectivity index (χ4n) is 3.12. The van der Waals surface area contributed by atoms with Crippen molar-refractivity contribution in [2.45, 2.75) is 31.8 Å². The van der Waals surface area contributed by atoms with Crippen LogP contribution in [0.5, 0.6) is 0 Å². The number of hydrogen-bond acceptors (Lipinski definition) is 3. The highest BCUT2D eigenvalue weighted by atomic mass is 35.5. The average molecular weight is 316 g/mol. The van der Waals surface area contributed by atoms with E-state index < -0.39 is 0 Å². The summed E-state index contributed by atoms with van der Waals surface area (Å²) in [6, 6.07) is 12.0. The van der Waals surface area contributed by atoms with Crippen molar-refractivity contribution in [1.29, 1.82) is 0 Å². The van der Waals surface area contributed by atoms with Gasteiger partial charge in [0.25, 0.3) is 0 Å². The SMILES string of the molecule is C[C@H]1C[C@H](C(N)=O)c2ccccc2N1Cc1ccnc(Cl)c1. The molecule has 0 bridgehead atoms. The first kappa shape index (κ1) is 14.9. The van der Waals surface area contributed by atoms with Gasteiger partial charge in [-0.15, -0.1) is 0 Å². The summed E-state index contributed by atoms with van der Waals surface area (Å²) < 4.78 is 0. The zero-order valence-electron chi connectivity index (χ0n) is 12.4. The minimum Gasteiger partial charge on any atom is -0.369 e. The fourth-order valence-corrected chi connectivity index (χ4v) is 3.32. The maximum atomic E-state index is 11.8. The smallest absolute Gasteiger partial charge is 0.225 e. The molecule has 0 fully saturated rings. The van der Waals surface area contributed by atoms with Crippen LogP contribution in [0.4, 0.5) is 5.69 Å². The number of carbonyl (C=O) groups is 1. The van der Waals surface area contributed by atoms with Gasteiger partial charge in [-0.05, 0) is 42.7 Å². The van der Waals surface area contributed by atoms with Gasteiger partial charge in [-0.1, -0.05) is 29.8 Å². The van der Waals surface area contributed by atoms with E-state index >= 15 is 0 Å². The van der Waals surface area contributed by atoms with Crippen molar-refractivity contribution in [2.75, 3.05) is 4.90 Å². The van der Waals surface area contributed by atoms with Crippen molar-refractivity contribution in [3.8, 4) is 0 Å². The van der Waals surface area contributed by atoms with E-state index in [1.165, 1.54) is 0 Å². The van der Waals surface area contributed by atoms with Gasteiger partial charge >= 0.3 is 0 Å². The molecule has 2 heterocycles. The minimum absolute atomic E-state index is 0.219. The third kappa shape index (κ3) is 2.79. The van der Waals surface area contributed by atoms with E-state index in [9.17, 15) is 4.79 Å². The Kier molecular flexibility index (Phi) is 4.03. The number of hydrogen-bond donors (Lipinski definition) is 1. The molecular weight excluding hydrogens is 298 g/mol. The lowest BCUT2D eigenvalue weighted by Crippen LogP contribution is -2.41. The molecule has 1 aliphatic rings. The highest BCUT2D eigenvalue weighted by Crippen LogP contribution is 2.38. The minimum atomic E-state index is -0.258. The van der Waals surface area contributed by atoms with Crippen molar-refractivity contribution in [3.05, 3.63) is 58.9 Å². The summed E-state index contributed by atoms with van der Waals surface area (Å²) in [5.74, 6) is -0.477. The zero-order valence-corrected chi connectivity index (χ0v) is 13.1. The molecule has 4 nitrogen and oxygen atoms in total. The Labute approximate surface area is 134 Å². The van der Waals surface area contributed by atoms with Crippen LogP contribution in [0.3, 0.4) is 0 Å². The molecule has 1 aromatic carbocycles. The lowest BCUT2D eigenvalue weighted by molar-refractivity contribution is -0.119. The maximum Gasteiger partial charge on any atom is 0.225 e. The average Bonchev–Trinajstić information content (AvgIpc) is 2.49. The van der Waals surface area contributed by atoms with E-state index in [2.05, 4.69) is 16.8 Å². The number of anilines is 1. The summed E-state index contributed by atoms with van der Waals surface area (Å²) >= 11 is 5.97. The van der Waals surface area contributed by atoms with Gasteiger partial charge < -0.3 is 10.6 Å². The molecule has 0 aliphatic carbocycles. The number of halogens is 1. The third-order valence-corrected chi connectivity index (χ3v) is 4.42. The predicted molar refractivity (Wildman–Crippen MR) is 87.9 cm³/mol. The second-order valence-corrected chi connectivity index (χ2v) is 6.10. The van der Waals surface area contributed by atoms with Crippen LogP contribution < -0.4 is 10.6 Å². The number of aromatic nitrogens is 1. The van der Waals surface area contributed by atoms with E-state index in [-0.39, 0.29) is 17.9 Å². The Morgan fingerprint density at radius 1 is 1.41 bits per heavy atom. The number of benzene rings is 1. The van der Waals surface area contributed by atoms with Gasteiger partial charge in [0.2, 0.25) is 5.91 Å². The highest BCUT2D eigenvalue weighted by Gasteiger charge is 2.32. The van der Waals surface area contributed by atoms with Crippen LogP contribution >= 0.6 is 11.6 Å². The molecule has 2 atom stereocenters. The predicted octanol–water partition coefficient (Wildman–Crippen LogP) is 3.10. The summed E-state index contributed by atoms with van der Waals surface area (Å²) in [6.07, 6.45) is 2.44. The molecule has 0 saturated carbocycles. The Balaban J connectivity index is 1.97. The van der Waals surface area contributed by atoms with Gasteiger partial charge in [-0.3, -0.25) is 4.79 Å². The van der Waals surface area contributed by atoms with Crippen LogP contribution in [0.25, 0.3) is 0 Å². The summed E-state index contributed by atoms with van der Waals surface area (Å²) in [7, 11) is 0. The Morgan fingerprint density at radius 3 is 2.91 bits per heavy atom. The topological polar surface area (TPSA) is 59.2 Å². The molecule has 2 aromatic rings. The Morgan fingerprint density at radius 2 is 2.18 bits per heavy atom. The molecule has 1 amide bonds. The molecule has 114 valence electrons. The first-order valence-corrected chi connectivity index (χ1v) is 7.69. The largest absolute Gasteiger partial charge is 0.369 e.